The van der Waals surface area contributed by atoms with Gasteiger partial charge < -0.3 is 0 Å². The third-order valence-corrected chi connectivity index (χ3v) is 3.35. The molecule has 108 valence electrons. The van der Waals surface area contributed by atoms with Crippen LogP contribution in [0.3, 0.4) is 0 Å². The fourth-order valence-electron chi connectivity index (χ4n) is 2.29. The summed E-state index contributed by atoms with van der Waals surface area (Å²) in [5.41, 5.74) is 0.612. The number of halogens is 2. The summed E-state index contributed by atoms with van der Waals surface area (Å²) >= 11 is 0. The summed E-state index contributed by atoms with van der Waals surface area (Å²) in [5.74, 6) is -1.07. The molecule has 0 aliphatic carbocycles. The third kappa shape index (κ3) is 2.44. The lowest BCUT2D eigenvalue weighted by Crippen LogP contribution is -2.11. The number of rotatable bonds is 2. The van der Waals surface area contributed by atoms with Crippen molar-refractivity contribution in [1.29, 1.82) is 5.26 Å². The molecule has 0 unspecified atom stereocenters. The molecule has 0 saturated heterocycles. The van der Waals surface area contributed by atoms with Crippen LogP contribution < -0.4 is 5.56 Å². The predicted molar refractivity (Wildman–Crippen MR) is 76.2 cm³/mol. The molecule has 22 heavy (non-hydrogen) atoms. The number of hydrogen-bond donors (Lipinski definition) is 1. The molecule has 0 atom stereocenters. The maximum Gasteiger partial charge on any atom is 0.272 e. The molecule has 0 saturated carbocycles. The number of nitriles is 1. The van der Waals surface area contributed by atoms with Gasteiger partial charge in [-0.05, 0) is 35.9 Å². The molecular formula is C16H9F2N3O. The van der Waals surface area contributed by atoms with E-state index in [1.165, 1.54) is 36.4 Å². The van der Waals surface area contributed by atoms with Crippen molar-refractivity contribution in [2.75, 3.05) is 0 Å². The second-order valence-electron chi connectivity index (χ2n) is 4.79. The minimum absolute atomic E-state index is 0.0718. The largest absolute Gasteiger partial charge is 0.272 e. The van der Waals surface area contributed by atoms with E-state index < -0.39 is 17.2 Å². The zero-order valence-electron chi connectivity index (χ0n) is 11.2. The van der Waals surface area contributed by atoms with Crippen molar-refractivity contribution in [2.45, 2.75) is 6.42 Å². The minimum Gasteiger partial charge on any atom is -0.267 e. The molecule has 0 radical (unpaired) electrons. The quantitative estimate of drug-likeness (QED) is 0.790. The lowest BCUT2D eigenvalue weighted by molar-refractivity contribution is 0.623. The predicted octanol–water partition coefficient (Wildman–Crippen LogP) is 2.66. The first kappa shape index (κ1) is 13.9. The van der Waals surface area contributed by atoms with Crippen molar-refractivity contribution >= 4 is 10.8 Å². The van der Waals surface area contributed by atoms with E-state index in [4.69, 9.17) is 5.26 Å². The van der Waals surface area contributed by atoms with Gasteiger partial charge in [0.25, 0.3) is 5.56 Å². The first-order chi connectivity index (χ1) is 10.6. The number of nitrogens with one attached hydrogen (secondary N) is 1. The number of nitrogens with zero attached hydrogens (tertiary/aromatic N) is 2. The van der Waals surface area contributed by atoms with Crippen molar-refractivity contribution in [3.8, 4) is 6.07 Å². The van der Waals surface area contributed by atoms with Gasteiger partial charge >= 0.3 is 0 Å². The summed E-state index contributed by atoms with van der Waals surface area (Å²) in [4.78, 5) is 11.7. The molecule has 0 spiro atoms. The minimum atomic E-state index is -0.600. The maximum atomic E-state index is 13.4. The van der Waals surface area contributed by atoms with Crippen LogP contribution in [0.5, 0.6) is 0 Å². The third-order valence-electron chi connectivity index (χ3n) is 3.35. The van der Waals surface area contributed by atoms with Gasteiger partial charge in [-0.2, -0.15) is 10.4 Å². The van der Waals surface area contributed by atoms with E-state index in [1.54, 1.807) is 6.07 Å². The molecule has 0 aliphatic heterocycles. The van der Waals surface area contributed by atoms with Crippen LogP contribution in [0, 0.1) is 23.0 Å². The lowest BCUT2D eigenvalue weighted by atomic mass is 10.0. The van der Waals surface area contributed by atoms with Gasteiger partial charge in [0, 0.05) is 11.8 Å². The van der Waals surface area contributed by atoms with Gasteiger partial charge in [-0.3, -0.25) is 4.79 Å². The van der Waals surface area contributed by atoms with Crippen molar-refractivity contribution < 1.29 is 8.78 Å². The maximum absolute atomic E-state index is 13.4. The summed E-state index contributed by atoms with van der Waals surface area (Å²) in [6.45, 7) is 0. The van der Waals surface area contributed by atoms with E-state index >= 15 is 0 Å². The van der Waals surface area contributed by atoms with Crippen LogP contribution >= 0.6 is 0 Å². The fraction of sp³-hybridized carbons (Fsp3) is 0.0625. The highest BCUT2D eigenvalue weighted by atomic mass is 19.1. The Balaban J connectivity index is 2.12. The van der Waals surface area contributed by atoms with Crippen LogP contribution in [0.15, 0.2) is 41.2 Å². The number of hydrogen-bond acceptors (Lipinski definition) is 3. The van der Waals surface area contributed by atoms with Gasteiger partial charge in [0.2, 0.25) is 0 Å². The van der Waals surface area contributed by atoms with Crippen LogP contribution in [-0.2, 0) is 6.42 Å². The Morgan fingerprint density at radius 2 is 1.95 bits per heavy atom. The number of fused-ring (bicyclic) bond motifs is 1. The molecule has 0 fully saturated rings. The van der Waals surface area contributed by atoms with E-state index in [0.717, 1.165) is 0 Å². The Morgan fingerprint density at radius 3 is 2.73 bits per heavy atom. The molecule has 0 bridgehead atoms. The van der Waals surface area contributed by atoms with E-state index in [1.807, 2.05) is 0 Å². The van der Waals surface area contributed by atoms with Gasteiger partial charge in [-0.25, -0.2) is 13.9 Å². The summed E-state index contributed by atoms with van der Waals surface area (Å²) in [6, 6.07) is 9.72. The molecule has 3 rings (SSSR count). The second-order valence-corrected chi connectivity index (χ2v) is 4.79. The van der Waals surface area contributed by atoms with E-state index in [9.17, 15) is 13.6 Å². The van der Waals surface area contributed by atoms with Crippen molar-refractivity contribution in [2.24, 2.45) is 0 Å². The highest BCUT2D eigenvalue weighted by molar-refractivity contribution is 5.83. The molecule has 1 heterocycles. The van der Waals surface area contributed by atoms with E-state index in [-0.39, 0.29) is 12.0 Å². The molecule has 3 aromatic rings. The zero-order valence-corrected chi connectivity index (χ0v) is 11.2. The lowest BCUT2D eigenvalue weighted by Gasteiger charge is -2.06. The highest BCUT2D eigenvalue weighted by Crippen LogP contribution is 2.19. The zero-order chi connectivity index (χ0) is 15.7. The molecule has 0 amide bonds. The summed E-state index contributed by atoms with van der Waals surface area (Å²) in [7, 11) is 0. The van der Waals surface area contributed by atoms with Crippen molar-refractivity contribution in [1.82, 2.24) is 10.2 Å². The topological polar surface area (TPSA) is 69.5 Å². The molecule has 6 heteroatoms. The van der Waals surface area contributed by atoms with Crippen molar-refractivity contribution in [3.63, 3.8) is 0 Å². The van der Waals surface area contributed by atoms with Gasteiger partial charge in [0.15, 0.2) is 0 Å². The summed E-state index contributed by atoms with van der Waals surface area (Å²) < 4.78 is 26.8. The Kier molecular flexibility index (Phi) is 3.39. The monoisotopic (exact) mass is 297 g/mol. The number of benzene rings is 2. The standard InChI is InChI=1S/C16H9F2N3O/c17-11-2-3-12-13(7-11)15(20-21-16(12)22)6-9-1-4-14(18)10(5-9)8-19/h1-5,7H,6H2,(H,21,22). The van der Waals surface area contributed by atoms with Crippen LogP contribution in [0.2, 0.25) is 0 Å². The normalized spacial score (nSPS) is 10.6. The Hall–Kier alpha value is -3.07. The summed E-state index contributed by atoms with van der Waals surface area (Å²) in [6.07, 6.45) is 0.242. The number of aromatic nitrogens is 2. The van der Waals surface area contributed by atoms with Gasteiger partial charge in [-0.1, -0.05) is 6.07 Å². The first-order valence-corrected chi connectivity index (χ1v) is 6.44. The fourth-order valence-corrected chi connectivity index (χ4v) is 2.29. The Morgan fingerprint density at radius 1 is 1.14 bits per heavy atom. The first-order valence-electron chi connectivity index (χ1n) is 6.44. The van der Waals surface area contributed by atoms with Gasteiger partial charge in [-0.15, -0.1) is 0 Å². The van der Waals surface area contributed by atoms with E-state index in [2.05, 4.69) is 10.2 Å². The average Bonchev–Trinajstić information content (AvgIpc) is 2.51. The number of H-pyrrole nitrogens is 1. The van der Waals surface area contributed by atoms with Gasteiger partial charge in [0.05, 0.1) is 16.6 Å². The second kappa shape index (κ2) is 5.37. The number of aromatic amines is 1. The molecule has 1 aromatic heterocycles. The average molecular weight is 297 g/mol. The van der Waals surface area contributed by atoms with Crippen LogP contribution in [0.1, 0.15) is 16.8 Å². The summed E-state index contributed by atoms with van der Waals surface area (Å²) in [5, 5.41) is 15.9. The Labute approximate surface area is 123 Å². The molecular weight excluding hydrogens is 288 g/mol. The van der Waals surface area contributed by atoms with Crippen LogP contribution in [0.4, 0.5) is 8.78 Å². The van der Waals surface area contributed by atoms with Crippen LogP contribution in [-0.4, -0.2) is 10.2 Å². The van der Waals surface area contributed by atoms with Crippen LogP contribution in [0.25, 0.3) is 10.8 Å². The SMILES string of the molecule is N#Cc1cc(Cc2n[nH]c(=O)c3ccc(F)cc23)ccc1F. The molecule has 2 aromatic carbocycles. The molecule has 0 aliphatic rings. The van der Waals surface area contributed by atoms with Crippen molar-refractivity contribution in [3.05, 3.63) is 75.2 Å². The molecule has 4 nitrogen and oxygen atoms in total. The molecule has 1 N–H and O–H groups in total. The van der Waals surface area contributed by atoms with Gasteiger partial charge in [0.1, 0.15) is 17.7 Å². The smallest absolute Gasteiger partial charge is 0.267 e. The Bertz CT molecular complexity index is 973. The highest BCUT2D eigenvalue weighted by Gasteiger charge is 2.10. The van der Waals surface area contributed by atoms with E-state index in [0.29, 0.717) is 22.0 Å².